The lowest BCUT2D eigenvalue weighted by Gasteiger charge is -2.30. The van der Waals surface area contributed by atoms with E-state index < -0.39 is 11.8 Å². The number of methoxy groups -OCH3 is 1. The lowest BCUT2D eigenvalue weighted by Crippen LogP contribution is -2.49. The van der Waals surface area contributed by atoms with Crippen LogP contribution in [-0.2, 0) is 25.5 Å². The SMILES string of the molecule is CCOC(=O)C1CCCN(C(=O)C(=O)NCCc2ccc(OC)cc2)C1. The van der Waals surface area contributed by atoms with Crippen molar-refractivity contribution < 1.29 is 23.9 Å². The van der Waals surface area contributed by atoms with Gasteiger partial charge in [0.1, 0.15) is 5.75 Å². The highest BCUT2D eigenvalue weighted by Gasteiger charge is 2.31. The van der Waals surface area contributed by atoms with Gasteiger partial charge in [0.2, 0.25) is 0 Å². The number of hydrogen-bond donors (Lipinski definition) is 1. The summed E-state index contributed by atoms with van der Waals surface area (Å²) in [4.78, 5) is 37.7. The van der Waals surface area contributed by atoms with Crippen LogP contribution in [0.3, 0.4) is 0 Å². The summed E-state index contributed by atoms with van der Waals surface area (Å²) in [6.45, 7) is 3.16. The number of nitrogens with one attached hydrogen (secondary N) is 1. The topological polar surface area (TPSA) is 84.9 Å². The minimum absolute atomic E-state index is 0.240. The highest BCUT2D eigenvalue weighted by molar-refractivity contribution is 6.35. The normalized spacial score (nSPS) is 16.7. The summed E-state index contributed by atoms with van der Waals surface area (Å²) in [6, 6.07) is 7.54. The molecule has 0 radical (unpaired) electrons. The molecule has 1 atom stereocenters. The number of likely N-dealkylation sites (tertiary alicyclic amines) is 1. The Labute approximate surface area is 153 Å². The number of carbonyl (C=O) groups is 3. The molecule has 1 N–H and O–H groups in total. The van der Waals surface area contributed by atoms with Gasteiger partial charge in [0.25, 0.3) is 0 Å². The zero-order valence-corrected chi connectivity index (χ0v) is 15.3. The number of benzene rings is 1. The number of rotatable bonds is 6. The number of piperidine rings is 1. The first kappa shape index (κ1) is 19.8. The number of hydrogen-bond acceptors (Lipinski definition) is 5. The first-order chi connectivity index (χ1) is 12.5. The maximum Gasteiger partial charge on any atom is 0.311 e. The van der Waals surface area contributed by atoms with Crippen molar-refractivity contribution in [2.24, 2.45) is 5.92 Å². The standard InChI is InChI=1S/C19H26N2O5/c1-3-26-19(24)15-5-4-12-21(13-15)18(23)17(22)20-11-10-14-6-8-16(25-2)9-7-14/h6-9,15H,3-5,10-13H2,1-2H3,(H,20,22). The van der Waals surface area contributed by atoms with Gasteiger partial charge in [-0.15, -0.1) is 0 Å². The molecule has 7 heteroatoms. The third-order valence-corrected chi connectivity index (χ3v) is 4.38. The van der Waals surface area contributed by atoms with Crippen LogP contribution in [0.1, 0.15) is 25.3 Å². The number of esters is 1. The van der Waals surface area contributed by atoms with E-state index in [-0.39, 0.29) is 18.4 Å². The van der Waals surface area contributed by atoms with E-state index in [0.29, 0.717) is 39.0 Å². The van der Waals surface area contributed by atoms with Gasteiger partial charge in [0.15, 0.2) is 0 Å². The molecule has 26 heavy (non-hydrogen) atoms. The first-order valence-corrected chi connectivity index (χ1v) is 8.91. The molecule has 2 amide bonds. The molecular weight excluding hydrogens is 336 g/mol. The summed E-state index contributed by atoms with van der Waals surface area (Å²) in [7, 11) is 1.61. The summed E-state index contributed by atoms with van der Waals surface area (Å²) in [5.74, 6) is -1.10. The quantitative estimate of drug-likeness (QED) is 0.606. The molecule has 2 rings (SSSR count). The molecule has 0 spiro atoms. The van der Waals surface area contributed by atoms with E-state index in [9.17, 15) is 14.4 Å². The van der Waals surface area contributed by atoms with E-state index in [2.05, 4.69) is 5.32 Å². The van der Waals surface area contributed by atoms with Crippen LogP contribution in [0.2, 0.25) is 0 Å². The molecule has 1 heterocycles. The molecule has 1 aliphatic rings. The predicted octanol–water partition coefficient (Wildman–Crippen LogP) is 1.16. The van der Waals surface area contributed by atoms with Crippen molar-refractivity contribution >= 4 is 17.8 Å². The molecule has 0 saturated carbocycles. The van der Waals surface area contributed by atoms with E-state index in [1.54, 1.807) is 14.0 Å². The molecule has 142 valence electrons. The fourth-order valence-corrected chi connectivity index (χ4v) is 2.95. The predicted molar refractivity (Wildman–Crippen MR) is 95.6 cm³/mol. The molecule has 7 nitrogen and oxygen atoms in total. The molecular formula is C19H26N2O5. The van der Waals surface area contributed by atoms with Crippen LogP contribution < -0.4 is 10.1 Å². The Morgan fingerprint density at radius 1 is 1.23 bits per heavy atom. The van der Waals surface area contributed by atoms with Gasteiger partial charge in [0, 0.05) is 19.6 Å². The van der Waals surface area contributed by atoms with Gasteiger partial charge < -0.3 is 19.7 Å². The number of amides is 2. The Balaban J connectivity index is 1.79. The van der Waals surface area contributed by atoms with E-state index >= 15 is 0 Å². The van der Waals surface area contributed by atoms with E-state index in [4.69, 9.17) is 9.47 Å². The van der Waals surface area contributed by atoms with Crippen LogP contribution in [0, 0.1) is 5.92 Å². The van der Waals surface area contributed by atoms with Crippen LogP contribution >= 0.6 is 0 Å². The third-order valence-electron chi connectivity index (χ3n) is 4.38. The lowest BCUT2D eigenvalue weighted by atomic mass is 9.98. The Bertz CT molecular complexity index is 629. The second-order valence-electron chi connectivity index (χ2n) is 6.20. The minimum atomic E-state index is -0.636. The van der Waals surface area contributed by atoms with Gasteiger partial charge in [-0.25, -0.2) is 0 Å². The molecule has 1 aromatic carbocycles. The number of ether oxygens (including phenoxy) is 2. The Kier molecular flexibility index (Phi) is 7.44. The monoisotopic (exact) mass is 362 g/mol. The first-order valence-electron chi connectivity index (χ1n) is 8.91. The van der Waals surface area contributed by atoms with Gasteiger partial charge in [-0.05, 0) is 43.9 Å². The van der Waals surface area contributed by atoms with Crippen molar-refractivity contribution in [2.45, 2.75) is 26.2 Å². The van der Waals surface area contributed by atoms with E-state index in [1.165, 1.54) is 4.90 Å². The van der Waals surface area contributed by atoms with Crippen LogP contribution in [0.25, 0.3) is 0 Å². The highest BCUT2D eigenvalue weighted by Crippen LogP contribution is 2.18. The van der Waals surface area contributed by atoms with Gasteiger partial charge in [-0.1, -0.05) is 12.1 Å². The van der Waals surface area contributed by atoms with Crippen molar-refractivity contribution in [1.29, 1.82) is 0 Å². The largest absolute Gasteiger partial charge is 0.497 e. The van der Waals surface area contributed by atoms with Crippen molar-refractivity contribution in [2.75, 3.05) is 33.4 Å². The minimum Gasteiger partial charge on any atom is -0.497 e. The zero-order chi connectivity index (χ0) is 18.9. The van der Waals surface area contributed by atoms with Gasteiger partial charge in [0.05, 0.1) is 19.6 Å². The molecule has 0 bridgehead atoms. The second-order valence-corrected chi connectivity index (χ2v) is 6.20. The molecule has 1 aliphatic heterocycles. The zero-order valence-electron chi connectivity index (χ0n) is 15.3. The van der Waals surface area contributed by atoms with Crippen molar-refractivity contribution in [3.63, 3.8) is 0 Å². The highest BCUT2D eigenvalue weighted by atomic mass is 16.5. The number of nitrogens with zero attached hydrogens (tertiary/aromatic N) is 1. The molecule has 1 unspecified atom stereocenters. The Hall–Kier alpha value is -2.57. The molecule has 0 aromatic heterocycles. The van der Waals surface area contributed by atoms with Crippen molar-refractivity contribution in [3.8, 4) is 5.75 Å². The van der Waals surface area contributed by atoms with Gasteiger partial charge in [-0.3, -0.25) is 14.4 Å². The molecule has 0 aliphatic carbocycles. The Morgan fingerprint density at radius 2 is 1.96 bits per heavy atom. The fourth-order valence-electron chi connectivity index (χ4n) is 2.95. The summed E-state index contributed by atoms with van der Waals surface area (Å²) in [5, 5.41) is 2.65. The van der Waals surface area contributed by atoms with Crippen LogP contribution in [0.15, 0.2) is 24.3 Å². The summed E-state index contributed by atoms with van der Waals surface area (Å²) >= 11 is 0. The average Bonchev–Trinajstić information content (AvgIpc) is 2.68. The van der Waals surface area contributed by atoms with Gasteiger partial charge in [-0.2, -0.15) is 0 Å². The third kappa shape index (κ3) is 5.47. The molecule has 1 fully saturated rings. The van der Waals surface area contributed by atoms with Crippen molar-refractivity contribution in [3.05, 3.63) is 29.8 Å². The lowest BCUT2D eigenvalue weighted by molar-refractivity contribution is -0.154. The molecule has 1 saturated heterocycles. The summed E-state index contributed by atoms with van der Waals surface area (Å²) in [5.41, 5.74) is 1.04. The summed E-state index contributed by atoms with van der Waals surface area (Å²) in [6.07, 6.45) is 1.99. The molecule has 1 aromatic rings. The van der Waals surface area contributed by atoms with Crippen LogP contribution in [0.5, 0.6) is 5.75 Å². The maximum absolute atomic E-state index is 12.3. The average molecular weight is 362 g/mol. The van der Waals surface area contributed by atoms with Gasteiger partial charge >= 0.3 is 17.8 Å². The maximum atomic E-state index is 12.3. The number of carbonyl (C=O) groups excluding carboxylic acids is 3. The van der Waals surface area contributed by atoms with E-state index in [1.807, 2.05) is 24.3 Å². The Morgan fingerprint density at radius 3 is 2.62 bits per heavy atom. The van der Waals surface area contributed by atoms with Crippen LogP contribution in [0.4, 0.5) is 0 Å². The van der Waals surface area contributed by atoms with E-state index in [0.717, 1.165) is 11.3 Å². The second kappa shape index (κ2) is 9.79. The van der Waals surface area contributed by atoms with Crippen molar-refractivity contribution in [1.82, 2.24) is 10.2 Å². The smallest absolute Gasteiger partial charge is 0.311 e. The summed E-state index contributed by atoms with van der Waals surface area (Å²) < 4.78 is 10.1. The fraction of sp³-hybridized carbons (Fsp3) is 0.526. The van der Waals surface area contributed by atoms with Crippen LogP contribution in [-0.4, -0.2) is 56.0 Å².